The van der Waals surface area contributed by atoms with Crippen LogP contribution in [0.2, 0.25) is 0 Å². The average molecular weight is 276 g/mol. The highest BCUT2D eigenvalue weighted by Crippen LogP contribution is 2.43. The second-order valence-electron chi connectivity index (χ2n) is 3.44. The number of ether oxygens (including phenoxy) is 1. The number of hydrogen-bond acceptors (Lipinski definition) is 7. The fraction of sp³-hybridized carbons (Fsp3) is 0.667. The van der Waals surface area contributed by atoms with E-state index in [2.05, 4.69) is 10.2 Å². The Morgan fingerprint density at radius 1 is 1.50 bits per heavy atom. The molecular formula is C9H12N2O2S3. The van der Waals surface area contributed by atoms with Crippen LogP contribution in [0, 0.1) is 5.92 Å². The molecule has 2 rings (SSSR count). The standard InChI is InChI=1S/C9H12N2O2S3/c1-13-7(12)6(5-3-4-5)15-9-11-10-8(14-2)16-9/h5-6H,3-4H2,1-2H3. The van der Waals surface area contributed by atoms with E-state index < -0.39 is 0 Å². The second-order valence-corrected chi connectivity index (χ2v) is 6.86. The van der Waals surface area contributed by atoms with E-state index in [0.29, 0.717) is 5.92 Å². The molecule has 0 aliphatic heterocycles. The predicted molar refractivity (Wildman–Crippen MR) is 66.1 cm³/mol. The molecule has 0 N–H and O–H groups in total. The Kier molecular flexibility index (Phi) is 4.10. The van der Waals surface area contributed by atoms with Crippen molar-refractivity contribution >= 4 is 40.8 Å². The van der Waals surface area contributed by atoms with Crippen LogP contribution in [0.25, 0.3) is 0 Å². The van der Waals surface area contributed by atoms with E-state index in [-0.39, 0.29) is 11.2 Å². The molecule has 0 radical (unpaired) electrons. The molecular weight excluding hydrogens is 264 g/mol. The topological polar surface area (TPSA) is 52.1 Å². The molecule has 4 nitrogen and oxygen atoms in total. The van der Waals surface area contributed by atoms with E-state index in [1.807, 2.05) is 6.26 Å². The van der Waals surface area contributed by atoms with Crippen LogP contribution in [-0.4, -0.2) is 34.8 Å². The number of carbonyl (C=O) groups excluding carboxylic acids is 1. The fourth-order valence-electron chi connectivity index (χ4n) is 1.29. The van der Waals surface area contributed by atoms with Gasteiger partial charge in [0.15, 0.2) is 8.68 Å². The van der Waals surface area contributed by atoms with Gasteiger partial charge in [-0.15, -0.1) is 10.2 Å². The Bertz CT molecular complexity index is 379. The van der Waals surface area contributed by atoms with Gasteiger partial charge < -0.3 is 4.74 Å². The molecule has 1 atom stereocenters. The van der Waals surface area contributed by atoms with Crippen molar-refractivity contribution in [2.45, 2.75) is 26.8 Å². The summed E-state index contributed by atoms with van der Waals surface area (Å²) in [5, 5.41) is 7.96. The largest absolute Gasteiger partial charge is 0.468 e. The van der Waals surface area contributed by atoms with Crippen LogP contribution in [0.1, 0.15) is 12.8 Å². The number of aromatic nitrogens is 2. The van der Waals surface area contributed by atoms with Crippen molar-refractivity contribution in [2.24, 2.45) is 5.92 Å². The molecule has 0 saturated heterocycles. The zero-order valence-corrected chi connectivity index (χ0v) is 11.5. The average Bonchev–Trinajstić information content (AvgIpc) is 3.04. The third kappa shape index (κ3) is 2.89. The van der Waals surface area contributed by atoms with E-state index in [9.17, 15) is 4.79 Å². The van der Waals surface area contributed by atoms with Crippen molar-refractivity contribution in [1.82, 2.24) is 10.2 Å². The molecule has 1 aliphatic carbocycles. The number of rotatable bonds is 5. The maximum atomic E-state index is 11.6. The number of esters is 1. The number of methoxy groups -OCH3 is 1. The molecule has 0 aromatic carbocycles. The van der Waals surface area contributed by atoms with E-state index in [0.717, 1.165) is 21.5 Å². The van der Waals surface area contributed by atoms with E-state index in [1.54, 1.807) is 11.8 Å². The Balaban J connectivity index is 2.02. The lowest BCUT2D eigenvalue weighted by Crippen LogP contribution is -2.20. The first-order valence-electron chi connectivity index (χ1n) is 4.86. The van der Waals surface area contributed by atoms with E-state index in [4.69, 9.17) is 4.74 Å². The quantitative estimate of drug-likeness (QED) is 0.607. The fourth-order valence-corrected chi connectivity index (χ4v) is 4.15. The predicted octanol–water partition coefficient (Wildman–Crippen LogP) is 2.30. The zero-order valence-electron chi connectivity index (χ0n) is 9.00. The van der Waals surface area contributed by atoms with Crippen LogP contribution < -0.4 is 0 Å². The van der Waals surface area contributed by atoms with Crippen LogP contribution in [0.4, 0.5) is 0 Å². The monoisotopic (exact) mass is 276 g/mol. The first kappa shape index (κ1) is 12.2. The molecule has 1 aromatic heterocycles. The molecule has 1 heterocycles. The molecule has 1 aliphatic rings. The van der Waals surface area contributed by atoms with Gasteiger partial charge in [0, 0.05) is 0 Å². The highest BCUT2D eigenvalue weighted by atomic mass is 32.2. The van der Waals surface area contributed by atoms with Gasteiger partial charge in [-0.25, -0.2) is 0 Å². The summed E-state index contributed by atoms with van der Waals surface area (Å²) in [7, 11) is 1.44. The summed E-state index contributed by atoms with van der Waals surface area (Å²) in [6, 6.07) is 0. The Morgan fingerprint density at radius 3 is 2.69 bits per heavy atom. The van der Waals surface area contributed by atoms with Gasteiger partial charge in [0.25, 0.3) is 0 Å². The van der Waals surface area contributed by atoms with Crippen molar-refractivity contribution in [2.75, 3.05) is 13.4 Å². The molecule has 1 saturated carbocycles. The maximum Gasteiger partial charge on any atom is 0.319 e. The SMILES string of the molecule is COC(=O)C(Sc1nnc(SC)s1)C1CC1. The van der Waals surface area contributed by atoms with Gasteiger partial charge in [0.1, 0.15) is 5.25 Å². The third-order valence-corrected chi connectivity index (χ3v) is 5.62. The summed E-state index contributed by atoms with van der Waals surface area (Å²) in [6.45, 7) is 0. The number of thioether (sulfide) groups is 2. The van der Waals surface area contributed by atoms with Crippen LogP contribution in [-0.2, 0) is 9.53 Å². The summed E-state index contributed by atoms with van der Waals surface area (Å²) >= 11 is 4.59. The number of hydrogen-bond donors (Lipinski definition) is 0. The summed E-state index contributed by atoms with van der Waals surface area (Å²) in [6.07, 6.45) is 4.19. The third-order valence-electron chi connectivity index (χ3n) is 2.27. The highest BCUT2D eigenvalue weighted by molar-refractivity contribution is 8.03. The minimum Gasteiger partial charge on any atom is -0.468 e. The summed E-state index contributed by atoms with van der Waals surface area (Å²) < 4.78 is 6.60. The molecule has 1 fully saturated rings. The molecule has 7 heteroatoms. The Labute approximate surface area is 107 Å². The Hall–Kier alpha value is -0.270. The van der Waals surface area contributed by atoms with Crippen LogP contribution in [0.15, 0.2) is 8.68 Å². The lowest BCUT2D eigenvalue weighted by Gasteiger charge is -2.10. The van der Waals surface area contributed by atoms with Crippen molar-refractivity contribution in [1.29, 1.82) is 0 Å². The van der Waals surface area contributed by atoms with Gasteiger partial charge in [0.2, 0.25) is 0 Å². The zero-order chi connectivity index (χ0) is 11.5. The first-order chi connectivity index (χ1) is 7.74. The van der Waals surface area contributed by atoms with E-state index >= 15 is 0 Å². The van der Waals surface area contributed by atoms with Gasteiger partial charge in [0.05, 0.1) is 7.11 Å². The van der Waals surface area contributed by atoms with Gasteiger partial charge in [-0.2, -0.15) is 0 Å². The molecule has 0 bridgehead atoms. The lowest BCUT2D eigenvalue weighted by atomic mass is 10.3. The van der Waals surface area contributed by atoms with Crippen LogP contribution in [0.5, 0.6) is 0 Å². The molecule has 88 valence electrons. The molecule has 0 amide bonds. The van der Waals surface area contributed by atoms with Crippen molar-refractivity contribution in [3.8, 4) is 0 Å². The van der Waals surface area contributed by atoms with Gasteiger partial charge in [-0.1, -0.05) is 34.9 Å². The molecule has 1 unspecified atom stereocenters. The second kappa shape index (κ2) is 5.37. The Morgan fingerprint density at radius 2 is 2.19 bits per heavy atom. The van der Waals surface area contributed by atoms with Gasteiger partial charge in [-0.05, 0) is 25.0 Å². The number of nitrogens with zero attached hydrogens (tertiary/aromatic N) is 2. The number of carbonyl (C=O) groups is 1. The van der Waals surface area contributed by atoms with Gasteiger partial charge >= 0.3 is 5.97 Å². The van der Waals surface area contributed by atoms with Crippen LogP contribution >= 0.6 is 34.9 Å². The summed E-state index contributed by atoms with van der Waals surface area (Å²) in [4.78, 5) is 11.6. The normalized spacial score (nSPS) is 17.1. The minimum absolute atomic E-state index is 0.104. The van der Waals surface area contributed by atoms with E-state index in [1.165, 1.54) is 30.2 Å². The van der Waals surface area contributed by atoms with Crippen molar-refractivity contribution in [3.63, 3.8) is 0 Å². The minimum atomic E-state index is -0.145. The summed E-state index contributed by atoms with van der Waals surface area (Å²) in [5.41, 5.74) is 0. The molecule has 1 aromatic rings. The molecule has 16 heavy (non-hydrogen) atoms. The first-order valence-corrected chi connectivity index (χ1v) is 7.78. The summed E-state index contributed by atoms with van der Waals surface area (Å²) in [5.74, 6) is 0.312. The van der Waals surface area contributed by atoms with Crippen molar-refractivity contribution < 1.29 is 9.53 Å². The lowest BCUT2D eigenvalue weighted by molar-refractivity contribution is -0.140. The molecule has 0 spiro atoms. The smallest absolute Gasteiger partial charge is 0.319 e. The highest BCUT2D eigenvalue weighted by Gasteiger charge is 2.38. The van der Waals surface area contributed by atoms with Crippen LogP contribution in [0.3, 0.4) is 0 Å². The van der Waals surface area contributed by atoms with Crippen molar-refractivity contribution in [3.05, 3.63) is 0 Å². The maximum absolute atomic E-state index is 11.6. The van der Waals surface area contributed by atoms with Gasteiger partial charge in [-0.3, -0.25) is 4.79 Å².